The summed E-state index contributed by atoms with van der Waals surface area (Å²) in [5.41, 5.74) is 2.14. The molecule has 1 spiro atoms. The van der Waals surface area contributed by atoms with E-state index in [1.165, 1.54) is 50.6 Å². The van der Waals surface area contributed by atoms with Crippen molar-refractivity contribution in [3.8, 4) is 0 Å². The highest BCUT2D eigenvalue weighted by Crippen LogP contribution is 2.77. The minimum atomic E-state index is -0.159. The molecule has 4 bridgehead atoms. The van der Waals surface area contributed by atoms with E-state index < -0.39 is 0 Å². The van der Waals surface area contributed by atoms with Gasteiger partial charge >= 0.3 is 0 Å². The second kappa shape index (κ2) is 4.86. The molecule has 1 amide bonds. The summed E-state index contributed by atoms with van der Waals surface area (Å²) >= 11 is 0. The molecule has 1 N–H and O–H groups in total. The van der Waals surface area contributed by atoms with Crippen molar-refractivity contribution in [2.24, 2.45) is 22.7 Å². The molecule has 0 aromatic heterocycles. The van der Waals surface area contributed by atoms with Gasteiger partial charge in [-0.3, -0.25) is 9.69 Å². The predicted octanol–water partition coefficient (Wildman–Crippen LogP) is 3.88. The zero-order chi connectivity index (χ0) is 18.8. The lowest BCUT2D eigenvalue weighted by Crippen LogP contribution is -2.69. The molecule has 2 aliphatic heterocycles. The van der Waals surface area contributed by atoms with Crippen LogP contribution < -0.4 is 5.32 Å². The summed E-state index contributed by atoms with van der Waals surface area (Å²) in [6.07, 6.45) is 9.99. The maximum atomic E-state index is 14.1. The quantitative estimate of drug-likeness (QED) is 0.865. The zero-order valence-corrected chi connectivity index (χ0v) is 17.0. The Labute approximate surface area is 168 Å². The zero-order valence-electron chi connectivity index (χ0n) is 17.0. The van der Waals surface area contributed by atoms with Gasteiger partial charge in [-0.1, -0.05) is 43.7 Å². The van der Waals surface area contributed by atoms with Crippen molar-refractivity contribution < 1.29 is 4.79 Å². The average Bonchev–Trinajstić information content (AvgIpc) is 3.29. The fraction of sp³-hybridized carbons (Fsp3) is 0.720. The number of hydrogen-bond donors (Lipinski definition) is 1. The van der Waals surface area contributed by atoms with Crippen LogP contribution in [-0.2, 0) is 10.2 Å². The minimum Gasteiger partial charge on any atom is -0.350 e. The third-order valence-electron chi connectivity index (χ3n) is 10.5. The average molecular weight is 377 g/mol. The summed E-state index contributed by atoms with van der Waals surface area (Å²) in [4.78, 5) is 16.7. The van der Waals surface area contributed by atoms with Gasteiger partial charge in [-0.05, 0) is 74.3 Å². The monoisotopic (exact) mass is 376 g/mol. The Morgan fingerprint density at radius 3 is 2.75 bits per heavy atom. The van der Waals surface area contributed by atoms with E-state index in [4.69, 9.17) is 0 Å². The van der Waals surface area contributed by atoms with Gasteiger partial charge in [0.2, 0.25) is 5.91 Å². The van der Waals surface area contributed by atoms with Gasteiger partial charge in [0.1, 0.15) is 0 Å². The highest BCUT2D eigenvalue weighted by Gasteiger charge is 2.76. The Bertz CT molecular complexity index is 869. The van der Waals surface area contributed by atoms with E-state index in [0.29, 0.717) is 22.9 Å². The third kappa shape index (κ3) is 1.64. The van der Waals surface area contributed by atoms with Crippen LogP contribution in [-0.4, -0.2) is 35.5 Å². The first-order valence-corrected chi connectivity index (χ1v) is 11.7. The Morgan fingerprint density at radius 1 is 1.14 bits per heavy atom. The van der Waals surface area contributed by atoms with Crippen molar-refractivity contribution in [1.82, 2.24) is 10.2 Å². The summed E-state index contributed by atoms with van der Waals surface area (Å²) < 4.78 is 0. The van der Waals surface area contributed by atoms with E-state index in [2.05, 4.69) is 47.5 Å². The van der Waals surface area contributed by atoms with Crippen molar-refractivity contribution in [3.05, 3.63) is 35.9 Å². The Morgan fingerprint density at radius 2 is 2.00 bits per heavy atom. The third-order valence-corrected chi connectivity index (χ3v) is 10.5. The molecule has 5 saturated carbocycles. The molecule has 3 heteroatoms. The van der Waals surface area contributed by atoms with Crippen molar-refractivity contribution >= 4 is 5.91 Å². The molecule has 148 valence electrons. The molecule has 1 aromatic carbocycles. The van der Waals surface area contributed by atoms with Crippen molar-refractivity contribution in [1.29, 1.82) is 0 Å². The molecule has 7 atom stereocenters. The molecule has 2 saturated heterocycles. The number of nitrogens with one attached hydrogen (secondary N) is 1. The van der Waals surface area contributed by atoms with Crippen molar-refractivity contribution in [2.75, 3.05) is 13.1 Å². The van der Waals surface area contributed by atoms with E-state index in [1.54, 1.807) is 0 Å². The maximum absolute atomic E-state index is 14.1. The summed E-state index contributed by atoms with van der Waals surface area (Å²) in [7, 11) is 0. The van der Waals surface area contributed by atoms with E-state index in [1.807, 2.05) is 0 Å². The van der Waals surface area contributed by atoms with Crippen molar-refractivity contribution in [2.45, 2.75) is 75.3 Å². The smallest absolute Gasteiger partial charge is 0.227 e. The van der Waals surface area contributed by atoms with Crippen LogP contribution in [0.4, 0.5) is 0 Å². The van der Waals surface area contributed by atoms with Gasteiger partial charge in [0.15, 0.2) is 0 Å². The lowest BCUT2D eigenvalue weighted by Gasteiger charge is -2.49. The predicted molar refractivity (Wildman–Crippen MR) is 109 cm³/mol. The molecule has 0 radical (unpaired) electrons. The number of amides is 1. The molecule has 8 rings (SSSR count). The second-order valence-corrected chi connectivity index (χ2v) is 11.4. The molecule has 1 aromatic rings. The first-order chi connectivity index (χ1) is 13.6. The molecule has 7 fully saturated rings. The first kappa shape index (κ1) is 16.4. The number of piperidine rings is 1. The molecule has 5 aliphatic carbocycles. The molecular weight excluding hydrogens is 344 g/mol. The van der Waals surface area contributed by atoms with E-state index >= 15 is 0 Å². The topological polar surface area (TPSA) is 32.3 Å². The lowest BCUT2D eigenvalue weighted by atomic mass is 9.63. The number of carbonyl (C=O) groups is 1. The van der Waals surface area contributed by atoms with Crippen LogP contribution in [0.15, 0.2) is 30.3 Å². The van der Waals surface area contributed by atoms with Gasteiger partial charge in [-0.2, -0.15) is 0 Å². The van der Waals surface area contributed by atoms with Crippen LogP contribution >= 0.6 is 0 Å². The highest BCUT2D eigenvalue weighted by molar-refractivity contribution is 5.87. The molecular formula is C25H32N2O. The molecule has 7 aliphatic rings. The van der Waals surface area contributed by atoms with Gasteiger partial charge in [0, 0.05) is 17.5 Å². The minimum absolute atomic E-state index is 0.0804. The standard InChI is InChI=1S/C25H32N2O/c1-2-22-10-17-11-23(15-22,18-6-4-3-5-7-18)24(12-17,16-22)21(28)26-20-14-27-9-8-19-13-25(19,20)27/h3-7,17,19-20H,2,8-16H2,1H3,(H,26,28)/t17?,19?,20-,22-,23?,24?,25?/m0/s1. The van der Waals surface area contributed by atoms with Crippen LogP contribution in [0, 0.1) is 22.7 Å². The number of nitrogens with zero attached hydrogens (tertiary/aromatic N) is 1. The Hall–Kier alpha value is -1.35. The first-order valence-electron chi connectivity index (χ1n) is 11.7. The molecule has 2 heterocycles. The molecule has 3 nitrogen and oxygen atoms in total. The van der Waals surface area contributed by atoms with Gasteiger partial charge in [0.25, 0.3) is 0 Å². The maximum Gasteiger partial charge on any atom is 0.227 e. The number of carbonyl (C=O) groups excluding carboxylic acids is 1. The SMILES string of the molecule is CC[C@@]12CC3CC(C(=O)N[C@H]4CN5CCC6CC645)(C1)C(c1ccccc1)(C3)C2. The second-order valence-electron chi connectivity index (χ2n) is 11.4. The fourth-order valence-corrected chi connectivity index (χ4v) is 9.45. The summed E-state index contributed by atoms with van der Waals surface area (Å²) in [6, 6.07) is 11.5. The van der Waals surface area contributed by atoms with Crippen LogP contribution in [0.2, 0.25) is 0 Å². The number of benzene rings is 1. The summed E-state index contributed by atoms with van der Waals surface area (Å²) in [6.45, 7) is 4.73. The number of hydrogen-bond acceptors (Lipinski definition) is 2. The van der Waals surface area contributed by atoms with Crippen LogP contribution in [0.3, 0.4) is 0 Å². The van der Waals surface area contributed by atoms with Crippen LogP contribution in [0.25, 0.3) is 0 Å². The fourth-order valence-electron chi connectivity index (χ4n) is 9.45. The summed E-state index contributed by atoms with van der Waals surface area (Å²) in [5.74, 6) is 2.03. The van der Waals surface area contributed by atoms with Gasteiger partial charge in [-0.15, -0.1) is 0 Å². The molecule has 28 heavy (non-hydrogen) atoms. The Balaban J connectivity index is 1.27. The van der Waals surface area contributed by atoms with Gasteiger partial charge < -0.3 is 5.32 Å². The van der Waals surface area contributed by atoms with Gasteiger partial charge in [-0.25, -0.2) is 0 Å². The lowest BCUT2D eigenvalue weighted by molar-refractivity contribution is -0.137. The normalized spacial score (nSPS) is 52.2. The van der Waals surface area contributed by atoms with Crippen LogP contribution in [0.5, 0.6) is 0 Å². The highest BCUT2D eigenvalue weighted by atomic mass is 16.2. The molecule has 5 unspecified atom stereocenters. The number of rotatable bonds is 4. The van der Waals surface area contributed by atoms with E-state index in [0.717, 1.165) is 31.2 Å². The Kier molecular flexibility index (Phi) is 2.85. The van der Waals surface area contributed by atoms with Crippen molar-refractivity contribution in [3.63, 3.8) is 0 Å². The van der Waals surface area contributed by atoms with Crippen LogP contribution in [0.1, 0.15) is 63.9 Å². The summed E-state index contributed by atoms with van der Waals surface area (Å²) in [5, 5.41) is 3.67. The van der Waals surface area contributed by atoms with Gasteiger partial charge in [0.05, 0.1) is 11.5 Å². The van der Waals surface area contributed by atoms with E-state index in [9.17, 15) is 4.79 Å². The van der Waals surface area contributed by atoms with E-state index in [-0.39, 0.29) is 10.8 Å². The largest absolute Gasteiger partial charge is 0.350 e.